The monoisotopic (exact) mass is 236 g/mol. The summed E-state index contributed by atoms with van der Waals surface area (Å²) in [6.45, 7) is 5.80. The van der Waals surface area contributed by atoms with Crippen LogP contribution < -0.4 is 5.32 Å². The number of carboxylic acid groups (broad SMARTS) is 1. The van der Waals surface area contributed by atoms with Crippen LogP contribution in [0.15, 0.2) is 4.36 Å². The maximum absolute atomic E-state index is 10.8. The summed E-state index contributed by atoms with van der Waals surface area (Å²) in [4.78, 5) is 10.8. The average Bonchev–Trinajstić information content (AvgIpc) is 2.01. The molecule has 0 spiro atoms. The van der Waals surface area contributed by atoms with Gasteiger partial charge in [-0.2, -0.15) is 12.8 Å². The number of hydrogen-bond donors (Lipinski definition) is 2. The third kappa shape index (κ3) is 5.48. The molecule has 0 aliphatic heterocycles. The van der Waals surface area contributed by atoms with Gasteiger partial charge in [0.2, 0.25) is 0 Å². The number of aliphatic carboxylic acids is 1. The minimum absolute atomic E-state index is 0.00546. The van der Waals surface area contributed by atoms with E-state index in [0.717, 1.165) is 0 Å². The van der Waals surface area contributed by atoms with Crippen molar-refractivity contribution in [3.63, 3.8) is 0 Å². The standard InChI is InChI=1S/C8H16N2O4S/c1-6(2)4-9-5-8(3,7(11)12)10-15(13)14/h6,9H,4-5H2,1-3H3,(H,11,12). The molecule has 0 heterocycles. The Labute approximate surface area is 90.4 Å². The molecule has 0 saturated heterocycles. The van der Waals surface area contributed by atoms with E-state index in [9.17, 15) is 13.2 Å². The highest BCUT2D eigenvalue weighted by atomic mass is 32.2. The van der Waals surface area contributed by atoms with Crippen molar-refractivity contribution in [2.75, 3.05) is 13.1 Å². The van der Waals surface area contributed by atoms with E-state index in [1.807, 2.05) is 13.8 Å². The predicted octanol–water partition coefficient (Wildman–Crippen LogP) is 0.138. The Morgan fingerprint density at radius 1 is 1.53 bits per heavy atom. The number of nitrogens with one attached hydrogen (secondary N) is 1. The van der Waals surface area contributed by atoms with Crippen molar-refractivity contribution >= 4 is 16.5 Å². The van der Waals surface area contributed by atoms with Crippen LogP contribution in [0, 0.1) is 5.92 Å². The fourth-order valence-electron chi connectivity index (χ4n) is 0.916. The quantitative estimate of drug-likeness (QED) is 0.683. The van der Waals surface area contributed by atoms with Crippen molar-refractivity contribution in [3.05, 3.63) is 0 Å². The van der Waals surface area contributed by atoms with Crippen molar-refractivity contribution < 1.29 is 18.3 Å². The zero-order chi connectivity index (χ0) is 12.1. The molecule has 0 saturated carbocycles. The Kier molecular flexibility index (Phi) is 5.45. The van der Waals surface area contributed by atoms with Gasteiger partial charge in [-0.15, -0.1) is 0 Å². The summed E-state index contributed by atoms with van der Waals surface area (Å²) in [5.41, 5.74) is -1.62. The first kappa shape index (κ1) is 14.1. The second-order valence-electron chi connectivity index (χ2n) is 3.91. The van der Waals surface area contributed by atoms with E-state index in [1.165, 1.54) is 6.92 Å². The van der Waals surface area contributed by atoms with Crippen molar-refractivity contribution in [2.24, 2.45) is 10.3 Å². The first-order chi connectivity index (χ1) is 6.78. The van der Waals surface area contributed by atoms with Gasteiger partial charge in [-0.3, -0.25) is 0 Å². The molecule has 0 amide bonds. The van der Waals surface area contributed by atoms with Crippen LogP contribution in [0.25, 0.3) is 0 Å². The fraction of sp³-hybridized carbons (Fsp3) is 0.875. The van der Waals surface area contributed by atoms with Crippen molar-refractivity contribution in [1.29, 1.82) is 0 Å². The normalized spacial score (nSPS) is 14.7. The number of hydrogen-bond acceptors (Lipinski definition) is 5. The molecule has 0 radical (unpaired) electrons. The molecule has 1 unspecified atom stereocenters. The lowest BCUT2D eigenvalue weighted by Crippen LogP contribution is -2.44. The van der Waals surface area contributed by atoms with E-state index in [-0.39, 0.29) is 6.54 Å². The molecular weight excluding hydrogens is 220 g/mol. The van der Waals surface area contributed by atoms with E-state index in [0.29, 0.717) is 12.5 Å². The van der Waals surface area contributed by atoms with Gasteiger partial charge >= 0.3 is 16.5 Å². The summed E-state index contributed by atoms with van der Waals surface area (Å²) in [5.74, 6) is -0.899. The molecule has 2 N–H and O–H groups in total. The van der Waals surface area contributed by atoms with Gasteiger partial charge in [0.25, 0.3) is 0 Å². The Morgan fingerprint density at radius 3 is 2.40 bits per heavy atom. The first-order valence-corrected chi connectivity index (χ1v) is 5.57. The number of rotatable bonds is 6. The van der Waals surface area contributed by atoms with Crippen LogP contribution in [0.3, 0.4) is 0 Å². The second kappa shape index (κ2) is 5.82. The van der Waals surface area contributed by atoms with Gasteiger partial charge < -0.3 is 10.4 Å². The van der Waals surface area contributed by atoms with Crippen molar-refractivity contribution in [2.45, 2.75) is 26.3 Å². The smallest absolute Gasteiger partial charge is 0.333 e. The van der Waals surface area contributed by atoms with Crippen LogP contribution in [0.5, 0.6) is 0 Å². The van der Waals surface area contributed by atoms with Gasteiger partial charge in [-0.1, -0.05) is 13.8 Å². The van der Waals surface area contributed by atoms with Crippen molar-refractivity contribution in [3.8, 4) is 0 Å². The fourth-order valence-corrected chi connectivity index (χ4v) is 1.39. The summed E-state index contributed by atoms with van der Waals surface area (Å²) in [5, 5.41) is 11.7. The molecule has 0 aliphatic carbocycles. The summed E-state index contributed by atoms with van der Waals surface area (Å²) >= 11 is 0. The number of nitrogens with zero attached hydrogens (tertiary/aromatic N) is 1. The highest BCUT2D eigenvalue weighted by Crippen LogP contribution is 2.09. The Hall–Kier alpha value is -0.950. The summed E-state index contributed by atoms with van der Waals surface area (Å²) in [7, 11) is -2.72. The third-order valence-corrected chi connectivity index (χ3v) is 2.31. The molecule has 7 heteroatoms. The average molecular weight is 236 g/mol. The van der Waals surface area contributed by atoms with E-state index in [2.05, 4.69) is 9.68 Å². The maximum atomic E-state index is 10.8. The van der Waals surface area contributed by atoms with Gasteiger partial charge in [0.05, 0.1) is 0 Å². The molecule has 15 heavy (non-hydrogen) atoms. The summed E-state index contributed by atoms with van der Waals surface area (Å²) < 4.78 is 23.9. The predicted molar refractivity (Wildman–Crippen MR) is 55.1 cm³/mol. The third-order valence-electron chi connectivity index (χ3n) is 1.76. The lowest BCUT2D eigenvalue weighted by molar-refractivity contribution is -0.142. The molecule has 6 nitrogen and oxygen atoms in total. The van der Waals surface area contributed by atoms with Gasteiger partial charge in [0, 0.05) is 6.54 Å². The van der Waals surface area contributed by atoms with Gasteiger partial charge in [-0.25, -0.2) is 4.79 Å². The van der Waals surface area contributed by atoms with E-state index < -0.39 is 22.0 Å². The molecule has 0 rings (SSSR count). The van der Waals surface area contributed by atoms with Gasteiger partial charge in [0.15, 0.2) is 5.54 Å². The molecular formula is C8H16N2O4S. The zero-order valence-electron chi connectivity index (χ0n) is 9.02. The lowest BCUT2D eigenvalue weighted by atomic mass is 10.0. The maximum Gasteiger partial charge on any atom is 0.333 e. The molecule has 88 valence electrons. The van der Waals surface area contributed by atoms with Crippen LogP contribution in [-0.2, 0) is 15.3 Å². The topological polar surface area (TPSA) is 95.8 Å². The lowest BCUT2D eigenvalue weighted by Gasteiger charge is -2.18. The number of carboxylic acids is 1. The van der Waals surface area contributed by atoms with Crippen LogP contribution in [-0.4, -0.2) is 38.1 Å². The summed E-state index contributed by atoms with van der Waals surface area (Å²) in [6, 6.07) is 0. The van der Waals surface area contributed by atoms with Gasteiger partial charge in [-0.05, 0) is 19.4 Å². The van der Waals surface area contributed by atoms with Crippen LogP contribution in [0.4, 0.5) is 0 Å². The Balaban J connectivity index is 4.55. The molecule has 0 aromatic rings. The molecule has 0 bridgehead atoms. The van der Waals surface area contributed by atoms with Gasteiger partial charge in [0.1, 0.15) is 0 Å². The molecule has 0 aromatic heterocycles. The van der Waals surface area contributed by atoms with Crippen LogP contribution >= 0.6 is 0 Å². The van der Waals surface area contributed by atoms with Crippen LogP contribution in [0.1, 0.15) is 20.8 Å². The SMILES string of the molecule is CC(C)CNCC(C)(N=S(=O)=O)C(=O)O. The minimum Gasteiger partial charge on any atom is -0.479 e. The zero-order valence-corrected chi connectivity index (χ0v) is 9.84. The Bertz CT molecular complexity index is 342. The molecule has 0 aliphatic rings. The van der Waals surface area contributed by atoms with Crippen LogP contribution in [0.2, 0.25) is 0 Å². The highest BCUT2D eigenvalue weighted by molar-refractivity contribution is 7.61. The van der Waals surface area contributed by atoms with E-state index in [4.69, 9.17) is 5.11 Å². The van der Waals surface area contributed by atoms with E-state index >= 15 is 0 Å². The molecule has 0 fully saturated rings. The first-order valence-electron chi connectivity index (χ1n) is 4.54. The molecule has 1 atom stereocenters. The van der Waals surface area contributed by atoms with E-state index in [1.54, 1.807) is 0 Å². The highest BCUT2D eigenvalue weighted by Gasteiger charge is 2.33. The largest absolute Gasteiger partial charge is 0.479 e. The Morgan fingerprint density at radius 2 is 2.07 bits per heavy atom. The van der Waals surface area contributed by atoms with Crippen molar-refractivity contribution in [1.82, 2.24) is 5.32 Å². The number of carbonyl (C=O) groups is 1. The second-order valence-corrected chi connectivity index (χ2v) is 4.53. The minimum atomic E-state index is -2.72. The molecule has 0 aromatic carbocycles. The summed E-state index contributed by atoms with van der Waals surface area (Å²) in [6.07, 6.45) is 0.